The van der Waals surface area contributed by atoms with Crippen LogP contribution in [0.4, 0.5) is 0 Å². The summed E-state index contributed by atoms with van der Waals surface area (Å²) in [5, 5.41) is 59.8. The summed E-state index contributed by atoms with van der Waals surface area (Å²) in [4.78, 5) is 12.9. The number of epoxide rings is 1. The molecule has 0 amide bonds. The lowest BCUT2D eigenvalue weighted by molar-refractivity contribution is -0.344. The van der Waals surface area contributed by atoms with E-state index < -0.39 is 85.8 Å². The Kier molecular flexibility index (Phi) is 6.59. The van der Waals surface area contributed by atoms with Crippen molar-refractivity contribution in [3.05, 3.63) is 36.1 Å². The molecule has 36 heavy (non-hydrogen) atoms. The van der Waals surface area contributed by atoms with Crippen molar-refractivity contribution in [1.29, 1.82) is 0 Å². The van der Waals surface area contributed by atoms with Crippen LogP contribution in [0.3, 0.4) is 0 Å². The van der Waals surface area contributed by atoms with Gasteiger partial charge in [0.2, 0.25) is 6.29 Å². The van der Waals surface area contributed by atoms with E-state index in [2.05, 4.69) is 0 Å². The molecule has 3 heterocycles. The average molecular weight is 512 g/mol. The third kappa shape index (κ3) is 3.92. The van der Waals surface area contributed by atoms with Crippen LogP contribution in [0.25, 0.3) is 0 Å². The number of fused-ring (bicyclic) bond motifs is 3. The summed E-state index contributed by atoms with van der Waals surface area (Å²) in [6.45, 7) is -1.07. The number of phenolic OH excluding ortho intramolecular Hbond substituents is 1. The van der Waals surface area contributed by atoms with Gasteiger partial charge in [0.05, 0.1) is 38.1 Å². The summed E-state index contributed by atoms with van der Waals surface area (Å²) in [7, 11) is 1.35. The van der Waals surface area contributed by atoms with Crippen LogP contribution in [0.15, 0.2) is 30.5 Å². The largest absolute Gasteiger partial charge is 0.504 e. The Hall–Kier alpha value is -2.49. The van der Waals surface area contributed by atoms with Gasteiger partial charge in [-0.2, -0.15) is 0 Å². The number of ether oxygens (including phenoxy) is 6. The highest BCUT2D eigenvalue weighted by molar-refractivity contribution is 5.90. The number of hydrogen-bond acceptors (Lipinski definition) is 13. The van der Waals surface area contributed by atoms with Crippen molar-refractivity contribution in [2.75, 3.05) is 20.3 Å². The highest BCUT2D eigenvalue weighted by Gasteiger charge is 2.77. The van der Waals surface area contributed by atoms with Crippen molar-refractivity contribution in [3.8, 4) is 11.5 Å². The summed E-state index contributed by atoms with van der Waals surface area (Å²) in [6, 6.07) is 4.02. The minimum atomic E-state index is -1.66. The quantitative estimate of drug-likeness (QED) is 0.173. The lowest BCUT2D eigenvalue weighted by atomic mass is 9.85. The number of aromatic hydroxyl groups is 1. The molecule has 0 aromatic heterocycles. The molecule has 4 aliphatic rings. The van der Waals surface area contributed by atoms with E-state index in [4.69, 9.17) is 28.4 Å². The van der Waals surface area contributed by atoms with Crippen LogP contribution < -0.4 is 4.74 Å². The number of methoxy groups -OCH3 is 1. The molecule has 1 aromatic rings. The van der Waals surface area contributed by atoms with Crippen LogP contribution in [0.1, 0.15) is 10.4 Å². The number of phenols is 1. The Morgan fingerprint density at radius 3 is 2.58 bits per heavy atom. The Balaban J connectivity index is 1.35. The Labute approximate surface area is 205 Å². The highest BCUT2D eigenvalue weighted by atomic mass is 16.8. The molecule has 198 valence electrons. The van der Waals surface area contributed by atoms with E-state index >= 15 is 0 Å². The fourth-order valence-corrected chi connectivity index (χ4v) is 5.28. The van der Waals surface area contributed by atoms with Gasteiger partial charge in [-0.1, -0.05) is 0 Å². The van der Waals surface area contributed by atoms with Gasteiger partial charge in [-0.05, 0) is 24.3 Å². The zero-order valence-electron chi connectivity index (χ0n) is 19.1. The predicted octanol–water partition coefficient (Wildman–Crippen LogP) is -2.01. The van der Waals surface area contributed by atoms with Crippen LogP contribution in [-0.2, 0) is 23.7 Å². The fourth-order valence-electron chi connectivity index (χ4n) is 5.28. The van der Waals surface area contributed by atoms with Crippen LogP contribution in [-0.4, -0.2) is 112 Å². The maximum absolute atomic E-state index is 12.9. The first-order chi connectivity index (χ1) is 17.2. The van der Waals surface area contributed by atoms with Crippen LogP contribution >= 0.6 is 0 Å². The zero-order valence-corrected chi connectivity index (χ0v) is 19.1. The Morgan fingerprint density at radius 2 is 1.89 bits per heavy atom. The van der Waals surface area contributed by atoms with Gasteiger partial charge in [-0.3, -0.25) is 0 Å². The van der Waals surface area contributed by atoms with E-state index in [-0.39, 0.29) is 17.1 Å². The Bertz CT molecular complexity index is 1010. The molecule has 1 saturated carbocycles. The third-order valence-corrected chi connectivity index (χ3v) is 7.26. The number of aliphatic hydroxyl groups excluding tert-OH is 5. The summed E-state index contributed by atoms with van der Waals surface area (Å²) in [6.07, 6.45) is -7.19. The zero-order chi connectivity index (χ0) is 25.8. The number of esters is 1. The van der Waals surface area contributed by atoms with E-state index in [9.17, 15) is 35.4 Å². The third-order valence-electron chi connectivity index (χ3n) is 7.26. The maximum atomic E-state index is 12.9. The van der Waals surface area contributed by atoms with Crippen LogP contribution in [0, 0.1) is 11.8 Å². The van der Waals surface area contributed by atoms with Crippen molar-refractivity contribution in [2.24, 2.45) is 11.8 Å². The minimum Gasteiger partial charge on any atom is -0.504 e. The van der Waals surface area contributed by atoms with Crippen molar-refractivity contribution < 1.29 is 63.9 Å². The van der Waals surface area contributed by atoms with E-state index in [1.807, 2.05) is 0 Å². The molecule has 1 aromatic carbocycles. The molecule has 0 radical (unpaired) electrons. The molecule has 0 bridgehead atoms. The first-order valence-electron chi connectivity index (χ1n) is 11.4. The molecular weight excluding hydrogens is 484 g/mol. The van der Waals surface area contributed by atoms with Gasteiger partial charge < -0.3 is 59.1 Å². The second-order valence-electron chi connectivity index (χ2n) is 9.18. The predicted molar refractivity (Wildman–Crippen MR) is 114 cm³/mol. The van der Waals surface area contributed by atoms with E-state index in [1.165, 1.54) is 31.6 Å². The molecule has 1 aliphatic carbocycles. The van der Waals surface area contributed by atoms with E-state index in [0.29, 0.717) is 0 Å². The molecule has 3 aliphatic heterocycles. The second kappa shape index (κ2) is 9.43. The standard InChI is InChI=1S/C23H28O13/c1-31-12-6-9(2-3-11(12)26)20(30)34-18-10-4-5-32-21(14(10)23(8-25)19(18)36-23)35-22-17(29)16(28)15(27)13(7-24)33-22/h2-6,10,13-19,21-22,24-29H,7-8H2,1H3/t10-,13-,14+,15-,16+,17-,18-,19-,21-,22-,23-/m1/s1. The van der Waals surface area contributed by atoms with Gasteiger partial charge in [-0.25, -0.2) is 4.79 Å². The molecule has 13 nitrogen and oxygen atoms in total. The van der Waals surface area contributed by atoms with Gasteiger partial charge in [0.15, 0.2) is 17.8 Å². The molecule has 0 spiro atoms. The monoisotopic (exact) mass is 512 g/mol. The van der Waals surface area contributed by atoms with E-state index in [1.54, 1.807) is 6.08 Å². The number of aliphatic hydroxyl groups is 5. The summed E-state index contributed by atoms with van der Waals surface area (Å²) >= 11 is 0. The number of carbonyl (C=O) groups excluding carboxylic acids is 1. The molecule has 11 atom stereocenters. The highest BCUT2D eigenvalue weighted by Crippen LogP contribution is 2.60. The molecule has 6 N–H and O–H groups in total. The molecule has 3 fully saturated rings. The van der Waals surface area contributed by atoms with Crippen molar-refractivity contribution >= 4 is 5.97 Å². The van der Waals surface area contributed by atoms with Gasteiger partial charge in [0.1, 0.15) is 42.2 Å². The first-order valence-corrected chi connectivity index (χ1v) is 11.4. The first kappa shape index (κ1) is 25.2. The topological polar surface area (TPSA) is 197 Å². The number of hydrogen-bond donors (Lipinski definition) is 6. The average Bonchev–Trinajstić information content (AvgIpc) is 3.56. The second-order valence-corrected chi connectivity index (χ2v) is 9.18. The molecular formula is C23H28O13. The lowest BCUT2D eigenvalue weighted by Gasteiger charge is -2.43. The smallest absolute Gasteiger partial charge is 0.338 e. The summed E-state index contributed by atoms with van der Waals surface area (Å²) < 4.78 is 33.4. The number of rotatable bonds is 7. The molecule has 13 heteroatoms. The van der Waals surface area contributed by atoms with Gasteiger partial charge in [-0.15, -0.1) is 0 Å². The SMILES string of the molecule is COc1cc(C(=O)O[C@@H]2[C@@H]3C=CO[C@H](O[C@H]4O[C@H](CO)[C@@H](O)[C@H](O)[C@H]4O)[C@H]3[C@@]3(CO)O[C@H]23)ccc1O. The number of benzene rings is 1. The Morgan fingerprint density at radius 1 is 1.11 bits per heavy atom. The van der Waals surface area contributed by atoms with Crippen LogP contribution in [0.2, 0.25) is 0 Å². The fraction of sp³-hybridized carbons (Fsp3) is 0.609. The van der Waals surface area contributed by atoms with Gasteiger partial charge in [0.25, 0.3) is 0 Å². The van der Waals surface area contributed by atoms with Crippen molar-refractivity contribution in [3.63, 3.8) is 0 Å². The summed E-state index contributed by atoms with van der Waals surface area (Å²) in [5.74, 6) is -1.95. The lowest BCUT2D eigenvalue weighted by Crippen LogP contribution is -2.60. The number of carbonyl (C=O) groups is 1. The van der Waals surface area contributed by atoms with E-state index in [0.717, 1.165) is 0 Å². The maximum Gasteiger partial charge on any atom is 0.338 e. The normalized spacial score (nSPS) is 42.7. The van der Waals surface area contributed by atoms with Crippen LogP contribution in [0.5, 0.6) is 11.5 Å². The molecule has 0 unspecified atom stereocenters. The van der Waals surface area contributed by atoms with Gasteiger partial charge in [0, 0.05) is 5.92 Å². The van der Waals surface area contributed by atoms with Gasteiger partial charge >= 0.3 is 5.97 Å². The minimum absolute atomic E-state index is 0.0973. The van der Waals surface area contributed by atoms with Crippen molar-refractivity contribution in [2.45, 2.75) is 54.8 Å². The van der Waals surface area contributed by atoms with Crippen molar-refractivity contribution in [1.82, 2.24) is 0 Å². The molecule has 5 rings (SSSR count). The summed E-state index contributed by atoms with van der Waals surface area (Å²) in [5.41, 5.74) is -1.03. The molecule has 2 saturated heterocycles.